The summed E-state index contributed by atoms with van der Waals surface area (Å²) in [6.07, 6.45) is 1.79. The molecule has 0 radical (unpaired) electrons. The average molecular weight is 297 g/mol. The highest BCUT2D eigenvalue weighted by atomic mass is 19.1. The maximum Gasteiger partial charge on any atom is 0.255 e. The molecule has 5 heteroatoms. The van der Waals surface area contributed by atoms with E-state index in [0.29, 0.717) is 17.3 Å². The Kier molecular flexibility index (Phi) is 3.63. The van der Waals surface area contributed by atoms with Gasteiger partial charge in [0.1, 0.15) is 5.82 Å². The molecular weight excluding hydrogens is 281 g/mol. The Hall–Kier alpha value is -2.69. The summed E-state index contributed by atoms with van der Waals surface area (Å²) in [6, 6.07) is 11.4. The zero-order valence-corrected chi connectivity index (χ0v) is 12.4. The average Bonchev–Trinajstić information content (AvgIpc) is 2.91. The number of nitrogens with one attached hydrogen (secondary N) is 1. The van der Waals surface area contributed by atoms with Gasteiger partial charge in [0.2, 0.25) is 0 Å². The van der Waals surface area contributed by atoms with E-state index in [0.717, 1.165) is 11.0 Å². The number of hydrogen-bond donors (Lipinski definition) is 1. The molecule has 0 spiro atoms. The summed E-state index contributed by atoms with van der Waals surface area (Å²) in [7, 11) is 0. The van der Waals surface area contributed by atoms with Crippen molar-refractivity contribution < 1.29 is 9.18 Å². The van der Waals surface area contributed by atoms with E-state index in [1.54, 1.807) is 6.33 Å². The van der Waals surface area contributed by atoms with Gasteiger partial charge in [-0.05, 0) is 56.3 Å². The van der Waals surface area contributed by atoms with Crippen LogP contribution in [0, 0.1) is 5.82 Å². The minimum absolute atomic E-state index is 0.275. The molecule has 0 saturated heterocycles. The first-order chi connectivity index (χ1) is 10.5. The van der Waals surface area contributed by atoms with Crippen molar-refractivity contribution in [3.8, 4) is 0 Å². The highest BCUT2D eigenvalue weighted by Crippen LogP contribution is 2.21. The summed E-state index contributed by atoms with van der Waals surface area (Å²) in [5.74, 6) is -0.639. The second-order valence-corrected chi connectivity index (χ2v) is 5.41. The quantitative estimate of drug-likeness (QED) is 0.794. The number of nitrogens with zero attached hydrogens (tertiary/aromatic N) is 2. The van der Waals surface area contributed by atoms with Crippen molar-refractivity contribution in [2.75, 3.05) is 5.32 Å². The molecule has 4 nitrogen and oxygen atoms in total. The Balaban J connectivity index is 1.85. The second kappa shape index (κ2) is 5.60. The summed E-state index contributed by atoms with van der Waals surface area (Å²) in [5.41, 5.74) is 2.92. The monoisotopic (exact) mass is 297 g/mol. The zero-order valence-electron chi connectivity index (χ0n) is 12.4. The largest absolute Gasteiger partial charge is 0.328 e. The standard InChI is InChI=1S/C17H16FN3O/c1-11(2)21-10-19-15-9-14(7-8-16(15)21)20-17(22)12-3-5-13(18)6-4-12/h3-11H,1-2H3,(H,20,22). The van der Waals surface area contributed by atoms with Crippen molar-refractivity contribution in [3.63, 3.8) is 0 Å². The van der Waals surface area contributed by atoms with Crippen molar-refractivity contribution in [2.24, 2.45) is 0 Å². The molecule has 0 aliphatic carbocycles. The van der Waals surface area contributed by atoms with Crippen LogP contribution in [0.2, 0.25) is 0 Å². The molecule has 0 atom stereocenters. The Labute approximate surface area is 127 Å². The third kappa shape index (κ3) is 2.70. The SMILES string of the molecule is CC(C)n1cnc2cc(NC(=O)c3ccc(F)cc3)ccc21. The predicted octanol–water partition coefficient (Wildman–Crippen LogP) is 4.01. The third-order valence-corrected chi connectivity index (χ3v) is 3.50. The number of carbonyl (C=O) groups is 1. The maximum absolute atomic E-state index is 12.9. The molecule has 1 amide bonds. The van der Waals surface area contributed by atoms with Gasteiger partial charge in [-0.3, -0.25) is 4.79 Å². The van der Waals surface area contributed by atoms with Gasteiger partial charge in [-0.25, -0.2) is 9.37 Å². The van der Waals surface area contributed by atoms with E-state index in [1.165, 1.54) is 24.3 Å². The van der Waals surface area contributed by atoms with Gasteiger partial charge in [-0.15, -0.1) is 0 Å². The van der Waals surface area contributed by atoms with Crippen LogP contribution in [0.25, 0.3) is 11.0 Å². The van der Waals surface area contributed by atoms with E-state index < -0.39 is 0 Å². The van der Waals surface area contributed by atoms with Gasteiger partial charge in [0.05, 0.1) is 17.4 Å². The van der Waals surface area contributed by atoms with E-state index in [4.69, 9.17) is 0 Å². The molecule has 0 aliphatic heterocycles. The Morgan fingerprint density at radius 2 is 1.91 bits per heavy atom. The van der Waals surface area contributed by atoms with E-state index in [2.05, 4.69) is 28.7 Å². The fourth-order valence-corrected chi connectivity index (χ4v) is 2.33. The van der Waals surface area contributed by atoms with Crippen LogP contribution in [-0.4, -0.2) is 15.5 Å². The molecule has 0 saturated carbocycles. The van der Waals surface area contributed by atoms with Crippen LogP contribution in [0.1, 0.15) is 30.2 Å². The van der Waals surface area contributed by atoms with Crippen LogP contribution in [0.3, 0.4) is 0 Å². The molecule has 112 valence electrons. The molecule has 1 aromatic heterocycles. The van der Waals surface area contributed by atoms with Crippen LogP contribution < -0.4 is 5.32 Å². The number of aromatic nitrogens is 2. The molecule has 22 heavy (non-hydrogen) atoms. The van der Waals surface area contributed by atoms with Gasteiger partial charge in [-0.1, -0.05) is 0 Å². The smallest absolute Gasteiger partial charge is 0.255 e. The molecule has 0 fully saturated rings. The molecular formula is C17H16FN3O. The summed E-state index contributed by atoms with van der Waals surface area (Å²) < 4.78 is 14.9. The molecule has 1 N–H and O–H groups in total. The lowest BCUT2D eigenvalue weighted by atomic mass is 10.2. The number of rotatable bonds is 3. The van der Waals surface area contributed by atoms with Gasteiger partial charge in [0.25, 0.3) is 5.91 Å². The van der Waals surface area contributed by atoms with Crippen LogP contribution >= 0.6 is 0 Å². The number of carbonyl (C=O) groups excluding carboxylic acids is 1. The fourth-order valence-electron chi connectivity index (χ4n) is 2.33. The van der Waals surface area contributed by atoms with Gasteiger partial charge >= 0.3 is 0 Å². The number of imidazole rings is 1. The maximum atomic E-state index is 12.9. The number of halogens is 1. The molecule has 1 heterocycles. The lowest BCUT2D eigenvalue weighted by Gasteiger charge is -2.09. The Morgan fingerprint density at radius 3 is 2.59 bits per heavy atom. The van der Waals surface area contributed by atoms with Crippen molar-refractivity contribution >= 4 is 22.6 Å². The molecule has 0 bridgehead atoms. The first-order valence-corrected chi connectivity index (χ1v) is 7.08. The van der Waals surface area contributed by atoms with Crippen LogP contribution in [-0.2, 0) is 0 Å². The lowest BCUT2D eigenvalue weighted by Crippen LogP contribution is -2.11. The number of hydrogen-bond acceptors (Lipinski definition) is 2. The van der Waals surface area contributed by atoms with Gasteiger partial charge in [0, 0.05) is 17.3 Å². The van der Waals surface area contributed by atoms with E-state index in [-0.39, 0.29) is 11.7 Å². The summed E-state index contributed by atoms with van der Waals surface area (Å²) in [5, 5.41) is 2.80. The summed E-state index contributed by atoms with van der Waals surface area (Å²) >= 11 is 0. The fraction of sp³-hybridized carbons (Fsp3) is 0.176. The molecule has 2 aromatic carbocycles. The molecule has 3 aromatic rings. The molecule has 0 unspecified atom stereocenters. The normalized spacial score (nSPS) is 11.1. The minimum atomic E-state index is -0.364. The van der Waals surface area contributed by atoms with Crippen LogP contribution in [0.5, 0.6) is 0 Å². The van der Waals surface area contributed by atoms with Crippen LogP contribution in [0.15, 0.2) is 48.8 Å². The van der Waals surface area contributed by atoms with Crippen molar-refractivity contribution in [2.45, 2.75) is 19.9 Å². The van der Waals surface area contributed by atoms with Crippen LogP contribution in [0.4, 0.5) is 10.1 Å². The van der Waals surface area contributed by atoms with E-state index in [1.807, 2.05) is 18.2 Å². The highest BCUT2D eigenvalue weighted by molar-refractivity contribution is 6.04. The van der Waals surface area contributed by atoms with Gasteiger partial charge in [-0.2, -0.15) is 0 Å². The molecule has 0 aliphatic rings. The molecule has 3 rings (SSSR count). The van der Waals surface area contributed by atoms with Crippen molar-refractivity contribution in [1.29, 1.82) is 0 Å². The third-order valence-electron chi connectivity index (χ3n) is 3.50. The van der Waals surface area contributed by atoms with Crippen molar-refractivity contribution in [1.82, 2.24) is 9.55 Å². The first kappa shape index (κ1) is 14.3. The Bertz CT molecular complexity index is 822. The summed E-state index contributed by atoms with van der Waals surface area (Å²) in [4.78, 5) is 16.5. The first-order valence-electron chi connectivity index (χ1n) is 7.08. The number of benzene rings is 2. The lowest BCUT2D eigenvalue weighted by molar-refractivity contribution is 0.102. The van der Waals surface area contributed by atoms with Gasteiger partial charge < -0.3 is 9.88 Å². The highest BCUT2D eigenvalue weighted by Gasteiger charge is 2.09. The Morgan fingerprint density at radius 1 is 1.18 bits per heavy atom. The van der Waals surface area contributed by atoms with E-state index >= 15 is 0 Å². The topological polar surface area (TPSA) is 46.9 Å². The second-order valence-electron chi connectivity index (χ2n) is 5.41. The van der Waals surface area contributed by atoms with E-state index in [9.17, 15) is 9.18 Å². The predicted molar refractivity (Wildman–Crippen MR) is 84.5 cm³/mol. The number of amides is 1. The number of anilines is 1. The van der Waals surface area contributed by atoms with Gasteiger partial charge in [0.15, 0.2) is 0 Å². The summed E-state index contributed by atoms with van der Waals surface area (Å²) in [6.45, 7) is 4.18. The number of fused-ring (bicyclic) bond motifs is 1. The minimum Gasteiger partial charge on any atom is -0.328 e. The zero-order chi connectivity index (χ0) is 15.7. The van der Waals surface area contributed by atoms with Crippen molar-refractivity contribution in [3.05, 3.63) is 60.2 Å².